The topological polar surface area (TPSA) is 59.1 Å². The van der Waals surface area contributed by atoms with Crippen LogP contribution in [0.25, 0.3) is 0 Å². The van der Waals surface area contributed by atoms with Gasteiger partial charge in [0, 0.05) is 11.3 Å². The quantitative estimate of drug-likeness (QED) is 0.643. The molecule has 1 amide bonds. The van der Waals surface area contributed by atoms with E-state index in [2.05, 4.69) is 0 Å². The normalized spacial score (nSPS) is 24.7. The van der Waals surface area contributed by atoms with E-state index in [0.29, 0.717) is 6.54 Å². The number of esters is 1. The summed E-state index contributed by atoms with van der Waals surface area (Å²) >= 11 is 0. The number of hydrogen-bond donors (Lipinski definition) is 0. The molecule has 2 aliphatic rings. The maximum absolute atomic E-state index is 12.5. The third-order valence-corrected chi connectivity index (χ3v) is 4.79. The fraction of sp³-hybridized carbons (Fsp3) is 0.263. The Labute approximate surface area is 139 Å². The van der Waals surface area contributed by atoms with E-state index in [-0.39, 0.29) is 11.9 Å². The van der Waals surface area contributed by atoms with Crippen molar-refractivity contribution in [1.82, 2.24) is 0 Å². The summed E-state index contributed by atoms with van der Waals surface area (Å²) in [4.78, 5) is 25.9. The molecule has 0 radical (unpaired) electrons. The number of methoxy groups -OCH3 is 1. The Morgan fingerprint density at radius 2 is 1.92 bits per heavy atom. The summed E-state index contributed by atoms with van der Waals surface area (Å²) in [6.45, 7) is 2.44. The van der Waals surface area contributed by atoms with Gasteiger partial charge >= 0.3 is 5.97 Å². The fourth-order valence-electron chi connectivity index (χ4n) is 3.25. The Morgan fingerprint density at radius 1 is 1.21 bits per heavy atom. The van der Waals surface area contributed by atoms with Crippen molar-refractivity contribution >= 4 is 17.6 Å². The molecule has 5 heteroatoms. The minimum atomic E-state index is -0.649. The van der Waals surface area contributed by atoms with Crippen LogP contribution < -0.4 is 4.90 Å². The van der Waals surface area contributed by atoms with E-state index in [9.17, 15) is 9.59 Å². The zero-order valence-electron chi connectivity index (χ0n) is 13.5. The van der Waals surface area contributed by atoms with Gasteiger partial charge in [0.05, 0.1) is 13.7 Å². The van der Waals surface area contributed by atoms with Gasteiger partial charge in [0.1, 0.15) is 5.60 Å². The molecule has 5 nitrogen and oxygen atoms in total. The highest BCUT2D eigenvalue weighted by molar-refractivity contribution is 6.09. The molecule has 0 spiro atoms. The van der Waals surface area contributed by atoms with E-state index in [4.69, 9.17) is 9.47 Å². The first kappa shape index (κ1) is 14.9. The van der Waals surface area contributed by atoms with E-state index in [1.165, 1.54) is 7.11 Å². The SMILES string of the molecule is COC(=O)C1OC1(C)c1ccc(N2Cc3ccccc3C2=O)cc1. The summed E-state index contributed by atoms with van der Waals surface area (Å²) in [5.41, 5.74) is 2.87. The highest BCUT2D eigenvalue weighted by Crippen LogP contribution is 2.46. The van der Waals surface area contributed by atoms with Crippen molar-refractivity contribution in [2.24, 2.45) is 0 Å². The van der Waals surface area contributed by atoms with E-state index in [1.54, 1.807) is 4.90 Å². The maximum Gasteiger partial charge on any atom is 0.338 e. The van der Waals surface area contributed by atoms with Crippen LogP contribution in [-0.4, -0.2) is 25.1 Å². The lowest BCUT2D eigenvalue weighted by molar-refractivity contribution is -0.142. The largest absolute Gasteiger partial charge is 0.467 e. The van der Waals surface area contributed by atoms with E-state index in [1.807, 2.05) is 55.5 Å². The Bertz CT molecular complexity index is 830. The fourth-order valence-corrected chi connectivity index (χ4v) is 3.25. The molecular formula is C19H17NO4. The van der Waals surface area contributed by atoms with Gasteiger partial charge < -0.3 is 14.4 Å². The highest BCUT2D eigenvalue weighted by atomic mass is 16.6. The molecule has 2 aromatic carbocycles. The van der Waals surface area contributed by atoms with Crippen molar-refractivity contribution < 1.29 is 19.1 Å². The zero-order valence-corrected chi connectivity index (χ0v) is 13.5. The minimum Gasteiger partial charge on any atom is -0.467 e. The molecule has 0 N–H and O–H groups in total. The molecule has 0 saturated carbocycles. The number of anilines is 1. The maximum atomic E-state index is 12.5. The molecule has 0 bridgehead atoms. The van der Waals surface area contributed by atoms with Crippen LogP contribution in [0.3, 0.4) is 0 Å². The standard InChI is InChI=1S/C19H17NO4/c1-19(16(24-19)18(22)23-2)13-7-9-14(10-8-13)20-11-12-5-3-4-6-15(12)17(20)21/h3-10,16H,11H2,1-2H3. The van der Waals surface area contributed by atoms with Crippen molar-refractivity contribution in [1.29, 1.82) is 0 Å². The summed E-state index contributed by atoms with van der Waals surface area (Å²) in [6, 6.07) is 15.2. The first-order valence-electron chi connectivity index (χ1n) is 7.80. The molecule has 2 aromatic rings. The minimum absolute atomic E-state index is 0.0136. The van der Waals surface area contributed by atoms with Gasteiger partial charge in [-0.15, -0.1) is 0 Å². The van der Waals surface area contributed by atoms with Crippen LogP contribution in [0.4, 0.5) is 5.69 Å². The van der Waals surface area contributed by atoms with Crippen LogP contribution in [0, 0.1) is 0 Å². The van der Waals surface area contributed by atoms with Gasteiger partial charge in [0.25, 0.3) is 5.91 Å². The number of rotatable bonds is 3. The van der Waals surface area contributed by atoms with E-state index in [0.717, 1.165) is 22.4 Å². The van der Waals surface area contributed by atoms with Gasteiger partial charge in [-0.3, -0.25) is 4.79 Å². The number of hydrogen-bond acceptors (Lipinski definition) is 4. The number of benzene rings is 2. The Hall–Kier alpha value is -2.66. The van der Waals surface area contributed by atoms with Crippen molar-refractivity contribution in [3.05, 3.63) is 65.2 Å². The molecule has 24 heavy (non-hydrogen) atoms. The average molecular weight is 323 g/mol. The summed E-state index contributed by atoms with van der Waals surface area (Å²) in [7, 11) is 1.35. The second kappa shape index (κ2) is 5.18. The van der Waals surface area contributed by atoms with Gasteiger partial charge in [-0.2, -0.15) is 0 Å². The van der Waals surface area contributed by atoms with E-state index >= 15 is 0 Å². The predicted molar refractivity (Wildman–Crippen MR) is 87.6 cm³/mol. The molecule has 1 fully saturated rings. The van der Waals surface area contributed by atoms with E-state index < -0.39 is 11.7 Å². The van der Waals surface area contributed by atoms with Crippen molar-refractivity contribution in [2.75, 3.05) is 12.0 Å². The average Bonchev–Trinajstić information content (AvgIpc) is 3.21. The van der Waals surface area contributed by atoms with Crippen molar-refractivity contribution in [2.45, 2.75) is 25.2 Å². The van der Waals surface area contributed by atoms with Gasteiger partial charge in [0.2, 0.25) is 0 Å². The molecule has 2 aliphatic heterocycles. The lowest BCUT2D eigenvalue weighted by Crippen LogP contribution is -2.23. The first-order chi connectivity index (χ1) is 11.5. The summed E-state index contributed by atoms with van der Waals surface area (Å²) in [5, 5.41) is 0. The lowest BCUT2D eigenvalue weighted by atomic mass is 9.97. The number of nitrogens with zero attached hydrogens (tertiary/aromatic N) is 1. The molecule has 122 valence electrons. The molecule has 4 rings (SSSR count). The molecule has 0 aromatic heterocycles. The van der Waals surface area contributed by atoms with Crippen LogP contribution in [0.15, 0.2) is 48.5 Å². The number of ether oxygens (including phenoxy) is 2. The molecule has 0 aliphatic carbocycles. The molecule has 2 atom stereocenters. The van der Waals surface area contributed by atoms with Gasteiger partial charge in [-0.25, -0.2) is 4.79 Å². The highest BCUT2D eigenvalue weighted by Gasteiger charge is 2.59. The number of amides is 1. The second-order valence-electron chi connectivity index (χ2n) is 6.22. The third-order valence-electron chi connectivity index (χ3n) is 4.79. The number of fused-ring (bicyclic) bond motifs is 1. The van der Waals surface area contributed by atoms with Crippen LogP contribution in [0.5, 0.6) is 0 Å². The third kappa shape index (κ3) is 2.12. The van der Waals surface area contributed by atoms with Crippen molar-refractivity contribution in [3.8, 4) is 0 Å². The van der Waals surface area contributed by atoms with Crippen LogP contribution >= 0.6 is 0 Å². The van der Waals surface area contributed by atoms with Gasteiger partial charge in [0.15, 0.2) is 6.10 Å². The number of epoxide rings is 1. The Morgan fingerprint density at radius 3 is 2.58 bits per heavy atom. The molecule has 1 saturated heterocycles. The van der Waals surface area contributed by atoms with Crippen LogP contribution in [0.1, 0.15) is 28.4 Å². The van der Waals surface area contributed by atoms with Gasteiger partial charge in [-0.05, 0) is 36.2 Å². The summed E-state index contributed by atoms with van der Waals surface area (Å²) in [6.07, 6.45) is -0.564. The second-order valence-corrected chi connectivity index (χ2v) is 6.22. The summed E-state index contributed by atoms with van der Waals surface area (Å²) < 4.78 is 10.3. The number of carbonyl (C=O) groups excluding carboxylic acids is 2. The Kier molecular flexibility index (Phi) is 3.21. The lowest BCUT2D eigenvalue weighted by Gasteiger charge is -2.17. The predicted octanol–water partition coefficient (Wildman–Crippen LogP) is 2.63. The van der Waals surface area contributed by atoms with Crippen LogP contribution in [-0.2, 0) is 26.4 Å². The van der Waals surface area contributed by atoms with Crippen molar-refractivity contribution in [3.63, 3.8) is 0 Å². The first-order valence-corrected chi connectivity index (χ1v) is 7.80. The molecule has 2 heterocycles. The number of carbonyl (C=O) groups is 2. The molecular weight excluding hydrogens is 306 g/mol. The smallest absolute Gasteiger partial charge is 0.338 e. The summed E-state index contributed by atoms with van der Waals surface area (Å²) in [5.74, 6) is -0.355. The zero-order chi connectivity index (χ0) is 16.9. The van der Waals surface area contributed by atoms with Gasteiger partial charge in [-0.1, -0.05) is 30.3 Å². The van der Waals surface area contributed by atoms with Crippen LogP contribution in [0.2, 0.25) is 0 Å². The monoisotopic (exact) mass is 323 g/mol. The Balaban J connectivity index is 1.56. The molecule has 2 unspecified atom stereocenters.